The normalized spacial score (nSPS) is 16.4. The van der Waals surface area contributed by atoms with E-state index in [0.717, 1.165) is 10.0 Å². The molecule has 7 heteroatoms. The van der Waals surface area contributed by atoms with E-state index in [-0.39, 0.29) is 17.6 Å². The first-order valence-electron chi connectivity index (χ1n) is 5.56. The zero-order valence-electron chi connectivity index (χ0n) is 10.5. The van der Waals surface area contributed by atoms with Crippen LogP contribution in [-0.4, -0.2) is 29.1 Å². The summed E-state index contributed by atoms with van der Waals surface area (Å²) in [4.78, 5) is 27.3. The van der Waals surface area contributed by atoms with Crippen molar-refractivity contribution in [3.05, 3.63) is 39.2 Å². The lowest BCUT2D eigenvalue weighted by Gasteiger charge is -1.98. The number of ether oxygens (including phenoxy) is 1. The molecule has 0 saturated heterocycles. The van der Waals surface area contributed by atoms with Crippen molar-refractivity contribution in [3.63, 3.8) is 0 Å². The molecule has 0 atom stereocenters. The highest BCUT2D eigenvalue weighted by Gasteiger charge is 2.22. The molecule has 4 nitrogen and oxygen atoms in total. The van der Waals surface area contributed by atoms with Gasteiger partial charge >= 0.3 is 5.97 Å². The first kappa shape index (κ1) is 15.3. The van der Waals surface area contributed by atoms with E-state index in [9.17, 15) is 9.59 Å². The average Bonchev–Trinajstić information content (AvgIpc) is 2.79. The predicted octanol–water partition coefficient (Wildman–Crippen LogP) is 3.33. The van der Waals surface area contributed by atoms with Gasteiger partial charge < -0.3 is 4.74 Å². The van der Waals surface area contributed by atoms with Gasteiger partial charge in [0.25, 0.3) is 5.91 Å². The zero-order valence-corrected chi connectivity index (χ0v) is 13.7. The number of methoxy groups -OCH3 is 1. The van der Waals surface area contributed by atoms with E-state index in [1.807, 2.05) is 24.3 Å². The van der Waals surface area contributed by atoms with Crippen LogP contribution in [0.4, 0.5) is 0 Å². The summed E-state index contributed by atoms with van der Waals surface area (Å²) in [5, 5.41) is 0. The molecule has 0 fully saturated rings. The molecule has 20 heavy (non-hydrogen) atoms. The summed E-state index contributed by atoms with van der Waals surface area (Å²) in [5.41, 5.74) is 0.929. The Morgan fingerprint density at radius 2 is 2.15 bits per heavy atom. The van der Waals surface area contributed by atoms with Crippen molar-refractivity contribution in [2.75, 3.05) is 12.9 Å². The summed E-state index contributed by atoms with van der Waals surface area (Å²) in [5.74, 6) is -0.456. The van der Waals surface area contributed by atoms with Crippen LogP contribution in [0.25, 0.3) is 6.08 Å². The number of rotatable bonds is 3. The minimum atomic E-state index is -0.337. The van der Waals surface area contributed by atoms with Crippen LogP contribution in [-0.2, 0) is 14.3 Å². The lowest BCUT2D eigenvalue weighted by molar-refractivity contribution is -0.137. The SMILES string of the molecule is COC(=O)CSC1=NC(=O)/C(=C/c2ccc(Br)cc2)S1. The van der Waals surface area contributed by atoms with Gasteiger partial charge in [-0.3, -0.25) is 9.59 Å². The highest BCUT2D eigenvalue weighted by molar-refractivity contribution is 9.10. The molecule has 1 aromatic rings. The van der Waals surface area contributed by atoms with Gasteiger partial charge in [-0.25, -0.2) is 0 Å². The predicted molar refractivity (Wildman–Crippen MR) is 86.6 cm³/mol. The minimum absolute atomic E-state index is 0.154. The first-order chi connectivity index (χ1) is 9.58. The van der Waals surface area contributed by atoms with Crippen LogP contribution >= 0.6 is 39.5 Å². The van der Waals surface area contributed by atoms with Crippen LogP contribution in [0.2, 0.25) is 0 Å². The Morgan fingerprint density at radius 3 is 2.80 bits per heavy atom. The number of hydrogen-bond acceptors (Lipinski definition) is 5. The molecule has 0 radical (unpaired) electrons. The van der Waals surface area contributed by atoms with Crippen molar-refractivity contribution >= 4 is 61.8 Å². The van der Waals surface area contributed by atoms with Gasteiger partial charge in [-0.1, -0.05) is 51.6 Å². The quantitative estimate of drug-likeness (QED) is 0.602. The molecule has 104 valence electrons. The van der Waals surface area contributed by atoms with Gasteiger partial charge in [-0.05, 0) is 23.8 Å². The number of nitrogens with zero attached hydrogens (tertiary/aromatic N) is 1. The van der Waals surface area contributed by atoms with E-state index < -0.39 is 0 Å². The van der Waals surface area contributed by atoms with Crippen molar-refractivity contribution in [2.24, 2.45) is 4.99 Å². The number of halogens is 1. The van der Waals surface area contributed by atoms with Crippen LogP contribution in [0, 0.1) is 0 Å². The lowest BCUT2D eigenvalue weighted by Crippen LogP contribution is -2.04. The molecular weight excluding hydrogens is 362 g/mol. The molecule has 0 saturated carbocycles. The standard InChI is InChI=1S/C13H10BrNO3S2/c1-18-11(16)7-19-13-15-12(17)10(20-13)6-8-2-4-9(14)5-3-8/h2-6H,7H2,1H3/b10-6-. The molecule has 1 amide bonds. The summed E-state index contributed by atoms with van der Waals surface area (Å²) in [6, 6.07) is 7.63. The second kappa shape index (κ2) is 7.10. The van der Waals surface area contributed by atoms with Gasteiger partial charge in [-0.15, -0.1) is 0 Å². The second-order valence-electron chi connectivity index (χ2n) is 3.71. The van der Waals surface area contributed by atoms with Crippen LogP contribution in [0.3, 0.4) is 0 Å². The number of esters is 1. The maximum absolute atomic E-state index is 11.8. The maximum atomic E-state index is 11.8. The van der Waals surface area contributed by atoms with Crippen molar-refractivity contribution in [2.45, 2.75) is 0 Å². The Labute approximate surface area is 133 Å². The molecule has 2 rings (SSSR count). The van der Waals surface area contributed by atoms with Crippen LogP contribution in [0.15, 0.2) is 38.6 Å². The summed E-state index contributed by atoms with van der Waals surface area (Å²) in [6.07, 6.45) is 1.79. The monoisotopic (exact) mass is 371 g/mol. The molecule has 0 spiro atoms. The number of benzene rings is 1. The van der Waals surface area contributed by atoms with E-state index in [0.29, 0.717) is 9.28 Å². The van der Waals surface area contributed by atoms with Gasteiger partial charge in [0.2, 0.25) is 0 Å². The third-order valence-electron chi connectivity index (χ3n) is 2.31. The fourth-order valence-corrected chi connectivity index (χ4v) is 3.44. The van der Waals surface area contributed by atoms with E-state index in [1.54, 1.807) is 6.08 Å². The molecule has 1 aliphatic heterocycles. The average molecular weight is 372 g/mol. The van der Waals surface area contributed by atoms with E-state index in [2.05, 4.69) is 25.7 Å². The largest absolute Gasteiger partial charge is 0.468 e. The van der Waals surface area contributed by atoms with Gasteiger partial charge in [0, 0.05) is 4.47 Å². The summed E-state index contributed by atoms with van der Waals surface area (Å²) >= 11 is 5.84. The molecule has 1 aliphatic rings. The summed E-state index contributed by atoms with van der Waals surface area (Å²) in [7, 11) is 1.33. The van der Waals surface area contributed by atoms with Crippen molar-refractivity contribution in [1.29, 1.82) is 0 Å². The van der Waals surface area contributed by atoms with E-state index in [4.69, 9.17) is 0 Å². The second-order valence-corrected chi connectivity index (χ2v) is 6.88. The fraction of sp³-hybridized carbons (Fsp3) is 0.154. The molecule has 1 heterocycles. The van der Waals surface area contributed by atoms with Crippen LogP contribution in [0.1, 0.15) is 5.56 Å². The Hall–Kier alpha value is -1.05. The summed E-state index contributed by atoms with van der Waals surface area (Å²) < 4.78 is 6.10. The molecule has 0 N–H and O–H groups in total. The number of hydrogen-bond donors (Lipinski definition) is 0. The lowest BCUT2D eigenvalue weighted by atomic mass is 10.2. The van der Waals surface area contributed by atoms with Crippen molar-refractivity contribution in [1.82, 2.24) is 0 Å². The van der Waals surface area contributed by atoms with Crippen molar-refractivity contribution < 1.29 is 14.3 Å². The Kier molecular flexibility index (Phi) is 5.45. The Balaban J connectivity index is 2.01. The fourth-order valence-electron chi connectivity index (χ4n) is 1.34. The molecule has 0 aromatic heterocycles. The van der Waals surface area contributed by atoms with Gasteiger partial charge in [-0.2, -0.15) is 4.99 Å². The molecular formula is C13H10BrNO3S2. The number of aliphatic imine (C=N–C) groups is 1. The third kappa shape index (κ3) is 4.22. The van der Waals surface area contributed by atoms with Crippen LogP contribution < -0.4 is 0 Å². The van der Waals surface area contributed by atoms with Gasteiger partial charge in [0.1, 0.15) is 4.38 Å². The van der Waals surface area contributed by atoms with Gasteiger partial charge in [0.05, 0.1) is 17.8 Å². The highest BCUT2D eigenvalue weighted by atomic mass is 79.9. The number of carbonyl (C=O) groups is 2. The third-order valence-corrected chi connectivity index (χ3v) is 4.94. The first-order valence-corrected chi connectivity index (χ1v) is 8.16. The van der Waals surface area contributed by atoms with Crippen LogP contribution in [0.5, 0.6) is 0 Å². The zero-order chi connectivity index (χ0) is 14.5. The number of carbonyl (C=O) groups excluding carboxylic acids is 2. The number of amides is 1. The number of thioether (sulfide) groups is 2. The van der Waals surface area contributed by atoms with E-state index in [1.165, 1.54) is 30.6 Å². The molecule has 1 aromatic carbocycles. The van der Waals surface area contributed by atoms with E-state index >= 15 is 0 Å². The Bertz CT molecular complexity index is 596. The van der Waals surface area contributed by atoms with Gasteiger partial charge in [0.15, 0.2) is 0 Å². The maximum Gasteiger partial charge on any atom is 0.316 e. The molecule has 0 aliphatic carbocycles. The summed E-state index contributed by atoms with van der Waals surface area (Å²) in [6.45, 7) is 0. The highest BCUT2D eigenvalue weighted by Crippen LogP contribution is 2.33. The molecule has 0 unspecified atom stereocenters. The topological polar surface area (TPSA) is 55.7 Å². The van der Waals surface area contributed by atoms with Crippen molar-refractivity contribution in [3.8, 4) is 0 Å². The smallest absolute Gasteiger partial charge is 0.316 e. The minimum Gasteiger partial charge on any atom is -0.468 e. The molecule has 0 bridgehead atoms. The Morgan fingerprint density at radius 1 is 1.45 bits per heavy atom.